The van der Waals surface area contributed by atoms with Gasteiger partial charge in [-0.1, -0.05) is 66.2 Å². The van der Waals surface area contributed by atoms with Gasteiger partial charge >= 0.3 is 0 Å². The van der Waals surface area contributed by atoms with Gasteiger partial charge in [0.05, 0.1) is 18.6 Å². The van der Waals surface area contributed by atoms with Crippen molar-refractivity contribution in [2.45, 2.75) is 13.2 Å². The maximum atomic E-state index is 13.2. The number of hydrogen-bond acceptors (Lipinski definition) is 4. The number of carbonyl (C=O) groups is 2. The van der Waals surface area contributed by atoms with Gasteiger partial charge < -0.3 is 4.74 Å². The Balaban J connectivity index is 1.34. The molecule has 5 rings (SSSR count). The molecule has 0 saturated carbocycles. The number of nitrogens with zero attached hydrogens (tertiary/aromatic N) is 1. The van der Waals surface area contributed by atoms with Crippen molar-refractivity contribution in [1.29, 1.82) is 0 Å². The fourth-order valence-electron chi connectivity index (χ4n) is 3.93. The van der Waals surface area contributed by atoms with Crippen LogP contribution < -0.4 is 4.74 Å². The Hall–Kier alpha value is -2.08. The highest BCUT2D eigenvalue weighted by atomic mass is 127. The molecule has 0 aliphatic carbocycles. The van der Waals surface area contributed by atoms with Crippen LogP contribution in [0, 0.1) is 7.14 Å². The maximum absolute atomic E-state index is 13.2. The van der Waals surface area contributed by atoms with Crippen LogP contribution in [0.15, 0.2) is 83.8 Å². The van der Waals surface area contributed by atoms with E-state index in [1.807, 2.05) is 78.9 Å². The van der Waals surface area contributed by atoms with Crippen molar-refractivity contribution < 1.29 is 14.3 Å². The first kappa shape index (κ1) is 25.6. The van der Waals surface area contributed by atoms with E-state index in [1.54, 1.807) is 6.08 Å². The minimum atomic E-state index is -0.272. The van der Waals surface area contributed by atoms with Crippen LogP contribution in [0.3, 0.4) is 0 Å². The van der Waals surface area contributed by atoms with Crippen LogP contribution in [0.1, 0.15) is 16.7 Å². The number of benzene rings is 4. The maximum Gasteiger partial charge on any atom is 0.293 e. The molecule has 0 atom stereocenters. The summed E-state index contributed by atoms with van der Waals surface area (Å²) in [6, 6.07) is 25.4. The number of halogens is 3. The van der Waals surface area contributed by atoms with Gasteiger partial charge in [-0.25, -0.2) is 0 Å². The Bertz CT molecular complexity index is 1490. The molecule has 2 amide bonds. The summed E-state index contributed by atoms with van der Waals surface area (Å²) >= 11 is 11.4. The smallest absolute Gasteiger partial charge is 0.293 e. The topological polar surface area (TPSA) is 46.6 Å². The number of carbonyl (C=O) groups excluding carboxylic acids is 2. The average Bonchev–Trinajstić information content (AvgIpc) is 3.12. The molecule has 180 valence electrons. The summed E-state index contributed by atoms with van der Waals surface area (Å²) in [5.74, 6) is 0.512. The molecule has 8 heteroatoms. The Labute approximate surface area is 245 Å². The molecule has 1 aliphatic heterocycles. The van der Waals surface area contributed by atoms with E-state index >= 15 is 0 Å². The van der Waals surface area contributed by atoms with Crippen molar-refractivity contribution in [2.24, 2.45) is 0 Å². The van der Waals surface area contributed by atoms with Crippen molar-refractivity contribution in [3.05, 3.63) is 113 Å². The molecule has 1 fully saturated rings. The zero-order chi connectivity index (χ0) is 25.2. The molecule has 4 nitrogen and oxygen atoms in total. The summed E-state index contributed by atoms with van der Waals surface area (Å²) in [5, 5.41) is 2.56. The van der Waals surface area contributed by atoms with E-state index in [0.29, 0.717) is 16.5 Å². The number of rotatable bonds is 6. The van der Waals surface area contributed by atoms with Crippen LogP contribution in [0.5, 0.6) is 5.75 Å². The van der Waals surface area contributed by atoms with Crippen molar-refractivity contribution in [1.82, 2.24) is 4.90 Å². The van der Waals surface area contributed by atoms with Crippen LogP contribution >= 0.6 is 68.5 Å². The highest BCUT2D eigenvalue weighted by Gasteiger charge is 2.35. The summed E-state index contributed by atoms with van der Waals surface area (Å²) in [6.07, 6.45) is 1.78. The zero-order valence-electron chi connectivity index (χ0n) is 18.7. The van der Waals surface area contributed by atoms with Gasteiger partial charge in [-0.2, -0.15) is 0 Å². The fourth-order valence-corrected chi connectivity index (χ4v) is 7.02. The van der Waals surface area contributed by atoms with E-state index in [0.717, 1.165) is 52.1 Å². The highest BCUT2D eigenvalue weighted by molar-refractivity contribution is 14.1. The summed E-state index contributed by atoms with van der Waals surface area (Å²) in [6.45, 7) is 0.672. The van der Waals surface area contributed by atoms with E-state index in [1.165, 1.54) is 4.90 Å². The van der Waals surface area contributed by atoms with Crippen LogP contribution in [0.25, 0.3) is 16.8 Å². The molecule has 4 aromatic carbocycles. The van der Waals surface area contributed by atoms with E-state index in [9.17, 15) is 9.59 Å². The van der Waals surface area contributed by atoms with E-state index in [2.05, 4.69) is 45.2 Å². The molecule has 0 bridgehead atoms. The summed E-state index contributed by atoms with van der Waals surface area (Å²) in [5.41, 5.74) is 2.82. The lowest BCUT2D eigenvalue weighted by Gasteiger charge is -2.14. The second-order valence-electron chi connectivity index (χ2n) is 8.13. The summed E-state index contributed by atoms with van der Waals surface area (Å²) in [7, 11) is 0. The Kier molecular flexibility index (Phi) is 7.90. The molecule has 1 heterocycles. The minimum absolute atomic E-state index is 0.246. The molecule has 0 unspecified atom stereocenters. The molecule has 0 aromatic heterocycles. The summed E-state index contributed by atoms with van der Waals surface area (Å²) in [4.78, 5) is 27.6. The van der Waals surface area contributed by atoms with Crippen LogP contribution in [-0.4, -0.2) is 16.0 Å². The molecular formula is C28H18ClI2NO3S. The quantitative estimate of drug-likeness (QED) is 0.147. The molecule has 0 N–H and O–H groups in total. The molecule has 4 aromatic rings. The van der Waals surface area contributed by atoms with Crippen LogP contribution in [0.4, 0.5) is 4.79 Å². The van der Waals surface area contributed by atoms with Gasteiger partial charge in [0.1, 0.15) is 12.4 Å². The first-order chi connectivity index (χ1) is 17.4. The highest BCUT2D eigenvalue weighted by Crippen LogP contribution is 2.36. The predicted octanol–water partition coefficient (Wildman–Crippen LogP) is 8.52. The first-order valence-corrected chi connectivity index (χ1v) is 14.3. The number of amides is 2. The minimum Gasteiger partial charge on any atom is -0.487 e. The SMILES string of the molecule is O=C1S/C(=C/c2cc(I)c(OCc3ccc(Cl)cc3)c(I)c2)C(=O)N1Cc1cccc2ccccc12. The van der Waals surface area contributed by atoms with Crippen LogP contribution in [0.2, 0.25) is 5.02 Å². The molecule has 0 spiro atoms. The van der Waals surface area contributed by atoms with Gasteiger partial charge in [0.15, 0.2) is 0 Å². The largest absolute Gasteiger partial charge is 0.487 e. The number of fused-ring (bicyclic) bond motifs is 1. The van der Waals surface area contributed by atoms with Gasteiger partial charge in [0.25, 0.3) is 11.1 Å². The second kappa shape index (κ2) is 11.1. The van der Waals surface area contributed by atoms with Crippen molar-refractivity contribution in [3.63, 3.8) is 0 Å². The van der Waals surface area contributed by atoms with E-state index in [4.69, 9.17) is 16.3 Å². The van der Waals surface area contributed by atoms with Gasteiger partial charge in [-0.3, -0.25) is 14.5 Å². The normalized spacial score (nSPS) is 14.8. The predicted molar refractivity (Wildman–Crippen MR) is 163 cm³/mol. The number of thioether (sulfide) groups is 1. The zero-order valence-corrected chi connectivity index (χ0v) is 24.6. The monoisotopic (exact) mass is 737 g/mol. The number of hydrogen-bond donors (Lipinski definition) is 0. The molecule has 36 heavy (non-hydrogen) atoms. The average molecular weight is 738 g/mol. The molecule has 0 radical (unpaired) electrons. The number of ether oxygens (including phenoxy) is 1. The Morgan fingerprint density at radius 1 is 0.917 bits per heavy atom. The Morgan fingerprint density at radius 2 is 1.61 bits per heavy atom. The lowest BCUT2D eigenvalue weighted by Crippen LogP contribution is -2.27. The molecule has 1 saturated heterocycles. The third-order valence-corrected chi connectivity index (χ3v) is 8.46. The third-order valence-electron chi connectivity index (χ3n) is 5.70. The lowest BCUT2D eigenvalue weighted by molar-refractivity contribution is -0.123. The van der Waals surface area contributed by atoms with Gasteiger partial charge in [-0.15, -0.1) is 0 Å². The van der Waals surface area contributed by atoms with E-state index in [-0.39, 0.29) is 17.7 Å². The van der Waals surface area contributed by atoms with Crippen molar-refractivity contribution >= 4 is 96.5 Å². The van der Waals surface area contributed by atoms with Gasteiger partial charge in [-0.05, 0) is 115 Å². The fraction of sp³-hybridized carbons (Fsp3) is 0.0714. The standard InChI is InChI=1S/C28H18ClI2NO3S/c29-21-10-8-17(9-11-21)16-35-26-23(30)12-18(13-24(26)31)14-25-27(33)32(28(34)36-25)15-20-6-3-5-19-4-1-2-7-22(19)20/h1-14H,15-16H2/b25-14+. The molecular weight excluding hydrogens is 720 g/mol. The van der Waals surface area contributed by atoms with Crippen molar-refractivity contribution in [3.8, 4) is 5.75 Å². The van der Waals surface area contributed by atoms with Gasteiger partial charge in [0.2, 0.25) is 0 Å². The number of imide groups is 1. The third kappa shape index (κ3) is 5.58. The van der Waals surface area contributed by atoms with E-state index < -0.39 is 0 Å². The Morgan fingerprint density at radius 3 is 2.36 bits per heavy atom. The van der Waals surface area contributed by atoms with Gasteiger partial charge in [0, 0.05) is 5.02 Å². The molecule has 1 aliphatic rings. The first-order valence-electron chi connectivity index (χ1n) is 11.0. The second-order valence-corrected chi connectivity index (χ2v) is 11.9. The van der Waals surface area contributed by atoms with Crippen LogP contribution in [-0.2, 0) is 17.9 Å². The van der Waals surface area contributed by atoms with Crippen molar-refractivity contribution in [2.75, 3.05) is 0 Å². The lowest BCUT2D eigenvalue weighted by atomic mass is 10.0. The summed E-state index contributed by atoms with van der Waals surface area (Å²) < 4.78 is 7.91.